The van der Waals surface area contributed by atoms with Crippen LogP contribution in [-0.4, -0.2) is 20.2 Å². The van der Waals surface area contributed by atoms with Crippen molar-refractivity contribution in [2.45, 2.75) is 20.3 Å². The van der Waals surface area contributed by atoms with Gasteiger partial charge in [-0.15, -0.1) is 0 Å². The highest BCUT2D eigenvalue weighted by Crippen LogP contribution is 2.23. The van der Waals surface area contributed by atoms with E-state index in [1.165, 1.54) is 16.8 Å². The van der Waals surface area contributed by atoms with Crippen LogP contribution >= 0.6 is 0 Å². The molecule has 0 bridgehead atoms. The average Bonchev–Trinajstić information content (AvgIpc) is 2.52. The number of hydrogen-bond acceptors (Lipinski definition) is 3. The van der Waals surface area contributed by atoms with Crippen LogP contribution in [0.3, 0.4) is 0 Å². The summed E-state index contributed by atoms with van der Waals surface area (Å²) in [6.45, 7) is 6.05. The summed E-state index contributed by atoms with van der Waals surface area (Å²) in [6, 6.07) is 14.4. The van der Waals surface area contributed by atoms with E-state index in [0.717, 1.165) is 30.9 Å². The molecule has 0 spiro atoms. The lowest BCUT2D eigenvalue weighted by molar-refractivity contribution is 0.416. The Bertz CT molecular complexity index is 581. The maximum atomic E-state index is 5.33. The quantitative estimate of drug-likeness (QED) is 0.751. The molecule has 21 heavy (non-hydrogen) atoms. The number of para-hydroxylation sites is 3. The van der Waals surface area contributed by atoms with Crippen molar-refractivity contribution in [1.29, 1.82) is 0 Å². The third-order valence-corrected chi connectivity index (χ3v) is 3.59. The summed E-state index contributed by atoms with van der Waals surface area (Å²) in [6.07, 6.45) is 1.05. The Labute approximate surface area is 127 Å². The van der Waals surface area contributed by atoms with Crippen molar-refractivity contribution in [3.63, 3.8) is 0 Å². The van der Waals surface area contributed by atoms with Gasteiger partial charge in [-0.2, -0.15) is 0 Å². The summed E-state index contributed by atoms with van der Waals surface area (Å²) in [7, 11) is 1.69. The van der Waals surface area contributed by atoms with Gasteiger partial charge >= 0.3 is 0 Å². The highest BCUT2D eigenvalue weighted by Gasteiger charge is 2.04. The second kappa shape index (κ2) is 7.58. The first-order chi connectivity index (χ1) is 10.3. The van der Waals surface area contributed by atoms with Crippen LogP contribution in [0.15, 0.2) is 42.5 Å². The van der Waals surface area contributed by atoms with Crippen molar-refractivity contribution in [1.82, 2.24) is 0 Å². The van der Waals surface area contributed by atoms with Gasteiger partial charge in [0.1, 0.15) is 5.75 Å². The van der Waals surface area contributed by atoms with Gasteiger partial charge in [-0.25, -0.2) is 0 Å². The standard InChI is InChI=1S/C18H24N2O/c1-4-15-9-7-8-14(2)18(15)20-13-12-19-16-10-5-6-11-17(16)21-3/h5-11,19-20H,4,12-13H2,1-3H3. The molecular formula is C18H24N2O. The topological polar surface area (TPSA) is 33.3 Å². The third kappa shape index (κ3) is 3.91. The third-order valence-electron chi connectivity index (χ3n) is 3.59. The van der Waals surface area contributed by atoms with Crippen LogP contribution in [0, 0.1) is 6.92 Å². The largest absolute Gasteiger partial charge is 0.495 e. The van der Waals surface area contributed by atoms with Crippen LogP contribution in [-0.2, 0) is 6.42 Å². The Balaban J connectivity index is 1.91. The Morgan fingerprint density at radius 1 is 0.952 bits per heavy atom. The molecule has 0 radical (unpaired) electrons. The molecule has 0 unspecified atom stereocenters. The first kappa shape index (κ1) is 15.2. The monoisotopic (exact) mass is 284 g/mol. The van der Waals surface area contributed by atoms with Crippen molar-refractivity contribution in [3.8, 4) is 5.75 Å². The van der Waals surface area contributed by atoms with E-state index in [1.54, 1.807) is 7.11 Å². The molecule has 3 nitrogen and oxygen atoms in total. The number of nitrogens with one attached hydrogen (secondary N) is 2. The highest BCUT2D eigenvalue weighted by molar-refractivity contribution is 5.58. The Morgan fingerprint density at radius 2 is 1.71 bits per heavy atom. The molecule has 112 valence electrons. The van der Waals surface area contributed by atoms with Gasteiger partial charge in [-0.05, 0) is 36.6 Å². The summed E-state index contributed by atoms with van der Waals surface area (Å²) in [5.41, 5.74) is 4.96. The highest BCUT2D eigenvalue weighted by atomic mass is 16.5. The van der Waals surface area contributed by atoms with Crippen LogP contribution < -0.4 is 15.4 Å². The maximum absolute atomic E-state index is 5.33. The molecule has 0 atom stereocenters. The number of ether oxygens (including phenoxy) is 1. The zero-order valence-corrected chi connectivity index (χ0v) is 13.1. The zero-order valence-electron chi connectivity index (χ0n) is 13.1. The molecule has 0 saturated carbocycles. The fourth-order valence-corrected chi connectivity index (χ4v) is 2.45. The van der Waals surface area contributed by atoms with Crippen molar-refractivity contribution in [2.24, 2.45) is 0 Å². The molecule has 2 aromatic rings. The first-order valence-corrected chi connectivity index (χ1v) is 7.45. The van der Waals surface area contributed by atoms with Gasteiger partial charge in [0.05, 0.1) is 12.8 Å². The number of hydrogen-bond donors (Lipinski definition) is 2. The minimum atomic E-state index is 0.845. The normalized spacial score (nSPS) is 10.2. The first-order valence-electron chi connectivity index (χ1n) is 7.45. The summed E-state index contributed by atoms with van der Waals surface area (Å²) < 4.78 is 5.33. The molecule has 0 heterocycles. The maximum Gasteiger partial charge on any atom is 0.141 e. The summed E-state index contributed by atoms with van der Waals surface area (Å²) in [5.74, 6) is 0.877. The van der Waals surface area contributed by atoms with Crippen molar-refractivity contribution < 1.29 is 4.74 Å². The van der Waals surface area contributed by atoms with E-state index >= 15 is 0 Å². The average molecular weight is 284 g/mol. The van der Waals surface area contributed by atoms with Crippen molar-refractivity contribution in [2.75, 3.05) is 30.8 Å². The van der Waals surface area contributed by atoms with E-state index in [9.17, 15) is 0 Å². The molecule has 2 rings (SSSR count). The number of benzene rings is 2. The van der Waals surface area contributed by atoms with E-state index in [0.29, 0.717) is 0 Å². The number of rotatable bonds is 7. The minimum absolute atomic E-state index is 0.845. The molecular weight excluding hydrogens is 260 g/mol. The SMILES string of the molecule is CCc1cccc(C)c1NCCNc1ccccc1OC. The Morgan fingerprint density at radius 3 is 2.48 bits per heavy atom. The summed E-state index contributed by atoms with van der Waals surface area (Å²) in [4.78, 5) is 0. The second-order valence-electron chi connectivity index (χ2n) is 5.02. The van der Waals surface area contributed by atoms with Gasteiger partial charge < -0.3 is 15.4 Å². The number of anilines is 2. The molecule has 0 fully saturated rings. The van der Waals surface area contributed by atoms with Crippen LogP contribution in [0.25, 0.3) is 0 Å². The van der Waals surface area contributed by atoms with Crippen molar-refractivity contribution in [3.05, 3.63) is 53.6 Å². The van der Waals surface area contributed by atoms with Gasteiger partial charge in [0.2, 0.25) is 0 Å². The lowest BCUT2D eigenvalue weighted by atomic mass is 10.1. The van der Waals surface area contributed by atoms with Gasteiger partial charge in [0, 0.05) is 18.8 Å². The number of methoxy groups -OCH3 is 1. The molecule has 2 aromatic carbocycles. The van der Waals surface area contributed by atoms with E-state index in [2.05, 4.69) is 42.7 Å². The fraction of sp³-hybridized carbons (Fsp3) is 0.333. The zero-order chi connectivity index (χ0) is 15.1. The fourth-order valence-electron chi connectivity index (χ4n) is 2.45. The summed E-state index contributed by atoms with van der Waals surface area (Å²) in [5, 5.41) is 6.94. The van der Waals surface area contributed by atoms with Gasteiger partial charge in [0.25, 0.3) is 0 Å². The molecule has 0 saturated heterocycles. The van der Waals surface area contributed by atoms with E-state index in [4.69, 9.17) is 4.74 Å². The van der Waals surface area contributed by atoms with Gasteiger partial charge in [0.15, 0.2) is 0 Å². The molecule has 0 aliphatic carbocycles. The number of aryl methyl sites for hydroxylation is 2. The van der Waals surface area contributed by atoms with Crippen LogP contribution in [0.5, 0.6) is 5.75 Å². The smallest absolute Gasteiger partial charge is 0.141 e. The van der Waals surface area contributed by atoms with Gasteiger partial charge in [-0.1, -0.05) is 37.3 Å². The molecule has 0 aliphatic heterocycles. The van der Waals surface area contributed by atoms with E-state index < -0.39 is 0 Å². The van der Waals surface area contributed by atoms with E-state index in [-0.39, 0.29) is 0 Å². The van der Waals surface area contributed by atoms with Crippen LogP contribution in [0.1, 0.15) is 18.1 Å². The predicted octanol–water partition coefficient (Wildman–Crippen LogP) is 4.09. The van der Waals surface area contributed by atoms with Crippen molar-refractivity contribution >= 4 is 11.4 Å². The Hall–Kier alpha value is -2.16. The minimum Gasteiger partial charge on any atom is -0.495 e. The van der Waals surface area contributed by atoms with E-state index in [1.807, 2.05) is 24.3 Å². The van der Waals surface area contributed by atoms with Crippen LogP contribution in [0.2, 0.25) is 0 Å². The molecule has 2 N–H and O–H groups in total. The molecule has 3 heteroatoms. The lowest BCUT2D eigenvalue weighted by Crippen LogP contribution is -2.15. The van der Waals surface area contributed by atoms with Crippen LogP contribution in [0.4, 0.5) is 11.4 Å². The molecule has 0 aromatic heterocycles. The Kier molecular flexibility index (Phi) is 5.50. The predicted molar refractivity (Wildman–Crippen MR) is 90.5 cm³/mol. The second-order valence-corrected chi connectivity index (χ2v) is 5.02. The summed E-state index contributed by atoms with van der Waals surface area (Å²) >= 11 is 0. The molecule has 0 amide bonds. The van der Waals surface area contributed by atoms with Gasteiger partial charge in [-0.3, -0.25) is 0 Å². The molecule has 0 aliphatic rings. The lowest BCUT2D eigenvalue weighted by Gasteiger charge is -2.15.